The molecule has 1 aliphatic heterocycles. The van der Waals surface area contributed by atoms with Crippen LogP contribution < -0.4 is 0 Å². The summed E-state index contributed by atoms with van der Waals surface area (Å²) in [7, 11) is 0. The fraction of sp³-hybridized carbons (Fsp3) is 1.00. The summed E-state index contributed by atoms with van der Waals surface area (Å²) in [5, 5.41) is 0. The number of hydrogen-bond acceptors (Lipinski definition) is 1. The average Bonchev–Trinajstić information content (AvgIpc) is 2.03. The molecule has 0 saturated carbocycles. The van der Waals surface area contributed by atoms with Crippen LogP contribution >= 0.6 is 0 Å². The lowest BCUT2D eigenvalue weighted by Gasteiger charge is -2.37. The zero-order valence-corrected chi connectivity index (χ0v) is 9.01. The van der Waals surface area contributed by atoms with E-state index in [1.165, 1.54) is 25.9 Å². The highest BCUT2D eigenvalue weighted by molar-refractivity contribution is 4.76. The smallest absolute Gasteiger partial charge is 0.00900 e. The number of hydrogen-bond donors (Lipinski definition) is 0. The molecule has 1 rings (SSSR count). The van der Waals surface area contributed by atoms with Gasteiger partial charge in [0.2, 0.25) is 0 Å². The van der Waals surface area contributed by atoms with E-state index >= 15 is 0 Å². The molecule has 72 valence electrons. The summed E-state index contributed by atoms with van der Waals surface area (Å²) >= 11 is 0. The number of nitrogens with zero attached hydrogens (tertiary/aromatic N) is 1. The van der Waals surface area contributed by atoms with Gasteiger partial charge in [-0.1, -0.05) is 20.8 Å². The Morgan fingerprint density at radius 2 is 1.92 bits per heavy atom. The van der Waals surface area contributed by atoms with Crippen LogP contribution in [-0.2, 0) is 0 Å². The van der Waals surface area contributed by atoms with Gasteiger partial charge in [-0.25, -0.2) is 0 Å². The van der Waals surface area contributed by atoms with Gasteiger partial charge in [-0.3, -0.25) is 0 Å². The number of rotatable bonds is 2. The molecule has 1 heteroatoms. The van der Waals surface area contributed by atoms with Gasteiger partial charge in [0.25, 0.3) is 0 Å². The summed E-state index contributed by atoms with van der Waals surface area (Å²) in [5.41, 5.74) is 0. The van der Waals surface area contributed by atoms with Crippen molar-refractivity contribution in [2.45, 2.75) is 46.6 Å². The molecule has 2 atom stereocenters. The molecule has 1 fully saturated rings. The first-order valence-electron chi connectivity index (χ1n) is 5.35. The minimum absolute atomic E-state index is 0.771. The van der Waals surface area contributed by atoms with E-state index in [9.17, 15) is 0 Å². The van der Waals surface area contributed by atoms with Crippen molar-refractivity contribution in [1.82, 2.24) is 4.90 Å². The molecular formula is C11H23N. The molecule has 1 heterocycles. The first-order chi connectivity index (χ1) is 5.61. The Hall–Kier alpha value is -0.0400. The molecule has 0 spiro atoms. The molecule has 0 N–H and O–H groups in total. The number of piperidine rings is 1. The summed E-state index contributed by atoms with van der Waals surface area (Å²) in [6, 6.07) is 0.771. The third kappa shape index (κ3) is 2.48. The molecule has 0 radical (unpaired) electrons. The molecule has 12 heavy (non-hydrogen) atoms. The minimum Gasteiger partial charge on any atom is -0.300 e. The fourth-order valence-corrected chi connectivity index (χ4v) is 2.02. The van der Waals surface area contributed by atoms with Gasteiger partial charge in [0, 0.05) is 12.6 Å². The first kappa shape index (κ1) is 10.0. The van der Waals surface area contributed by atoms with Crippen LogP contribution in [-0.4, -0.2) is 24.0 Å². The van der Waals surface area contributed by atoms with E-state index in [1.54, 1.807) is 0 Å². The Kier molecular flexibility index (Phi) is 3.57. The van der Waals surface area contributed by atoms with Crippen molar-refractivity contribution in [3.63, 3.8) is 0 Å². The van der Waals surface area contributed by atoms with Crippen molar-refractivity contribution < 1.29 is 0 Å². The van der Waals surface area contributed by atoms with E-state index in [0.29, 0.717) is 0 Å². The Morgan fingerprint density at radius 1 is 1.25 bits per heavy atom. The summed E-state index contributed by atoms with van der Waals surface area (Å²) in [6.45, 7) is 12.0. The highest BCUT2D eigenvalue weighted by Gasteiger charge is 2.22. The van der Waals surface area contributed by atoms with Crippen molar-refractivity contribution in [3.05, 3.63) is 0 Å². The summed E-state index contributed by atoms with van der Waals surface area (Å²) in [5.74, 6) is 1.72. The average molecular weight is 169 g/mol. The third-order valence-electron chi connectivity index (χ3n) is 3.23. The van der Waals surface area contributed by atoms with Crippen LogP contribution in [0.2, 0.25) is 0 Å². The zero-order chi connectivity index (χ0) is 9.14. The molecule has 0 aromatic heterocycles. The quantitative estimate of drug-likeness (QED) is 0.614. The molecule has 1 nitrogen and oxygen atoms in total. The van der Waals surface area contributed by atoms with Crippen molar-refractivity contribution in [2.75, 3.05) is 13.1 Å². The SMILES string of the molecule is CC(C)C(C)N1CCC[C@H](C)C1. The lowest BCUT2D eigenvalue weighted by Crippen LogP contribution is -2.42. The maximum absolute atomic E-state index is 2.65. The van der Waals surface area contributed by atoms with Crippen LogP contribution in [0.15, 0.2) is 0 Å². The summed E-state index contributed by atoms with van der Waals surface area (Å²) in [6.07, 6.45) is 2.83. The van der Waals surface area contributed by atoms with E-state index in [0.717, 1.165) is 17.9 Å². The van der Waals surface area contributed by atoms with Crippen molar-refractivity contribution >= 4 is 0 Å². The topological polar surface area (TPSA) is 3.24 Å². The van der Waals surface area contributed by atoms with Gasteiger partial charge < -0.3 is 4.90 Å². The van der Waals surface area contributed by atoms with Gasteiger partial charge in [0.05, 0.1) is 0 Å². The molecule has 0 amide bonds. The third-order valence-corrected chi connectivity index (χ3v) is 3.23. The van der Waals surface area contributed by atoms with E-state index in [4.69, 9.17) is 0 Å². The first-order valence-corrected chi connectivity index (χ1v) is 5.35. The van der Waals surface area contributed by atoms with Gasteiger partial charge in [-0.05, 0) is 38.1 Å². The molecule has 1 unspecified atom stereocenters. The van der Waals surface area contributed by atoms with E-state index in [2.05, 4.69) is 32.6 Å². The highest BCUT2D eigenvalue weighted by Crippen LogP contribution is 2.20. The normalized spacial score (nSPS) is 29.2. The lowest BCUT2D eigenvalue weighted by atomic mass is 9.96. The number of likely N-dealkylation sites (tertiary alicyclic amines) is 1. The maximum atomic E-state index is 2.65. The predicted octanol–water partition coefficient (Wildman–Crippen LogP) is 2.76. The minimum atomic E-state index is 0.771. The molecule has 0 bridgehead atoms. The van der Waals surface area contributed by atoms with Crippen LogP contribution in [0.3, 0.4) is 0 Å². The Labute approximate surface area is 77.1 Å². The van der Waals surface area contributed by atoms with Crippen molar-refractivity contribution in [1.29, 1.82) is 0 Å². The highest BCUT2D eigenvalue weighted by atomic mass is 15.2. The predicted molar refractivity (Wildman–Crippen MR) is 54.3 cm³/mol. The van der Waals surface area contributed by atoms with Crippen LogP contribution in [0.25, 0.3) is 0 Å². The van der Waals surface area contributed by atoms with E-state index in [1.807, 2.05) is 0 Å². The standard InChI is InChI=1S/C11H23N/c1-9(2)11(4)12-7-5-6-10(3)8-12/h9-11H,5-8H2,1-4H3/t10-,11?/m0/s1. The van der Waals surface area contributed by atoms with Crippen molar-refractivity contribution in [2.24, 2.45) is 11.8 Å². The van der Waals surface area contributed by atoms with Gasteiger partial charge in [-0.15, -0.1) is 0 Å². The molecule has 0 aromatic rings. The Morgan fingerprint density at radius 3 is 2.42 bits per heavy atom. The Bertz CT molecular complexity index is 131. The molecular weight excluding hydrogens is 146 g/mol. The summed E-state index contributed by atoms with van der Waals surface area (Å²) in [4.78, 5) is 2.65. The van der Waals surface area contributed by atoms with Gasteiger partial charge >= 0.3 is 0 Å². The molecule has 0 aromatic carbocycles. The second kappa shape index (κ2) is 4.27. The lowest BCUT2D eigenvalue weighted by molar-refractivity contribution is 0.112. The zero-order valence-electron chi connectivity index (χ0n) is 9.01. The molecule has 0 aliphatic carbocycles. The van der Waals surface area contributed by atoms with Crippen molar-refractivity contribution in [3.8, 4) is 0 Å². The van der Waals surface area contributed by atoms with Gasteiger partial charge in [0.1, 0.15) is 0 Å². The van der Waals surface area contributed by atoms with Crippen LogP contribution in [0.4, 0.5) is 0 Å². The van der Waals surface area contributed by atoms with Crippen LogP contribution in [0.1, 0.15) is 40.5 Å². The summed E-state index contributed by atoms with van der Waals surface area (Å²) < 4.78 is 0. The van der Waals surface area contributed by atoms with Gasteiger partial charge in [0.15, 0.2) is 0 Å². The maximum Gasteiger partial charge on any atom is 0.00900 e. The van der Waals surface area contributed by atoms with E-state index in [-0.39, 0.29) is 0 Å². The molecule has 1 saturated heterocycles. The second-order valence-electron chi connectivity index (χ2n) is 4.73. The monoisotopic (exact) mass is 169 g/mol. The fourth-order valence-electron chi connectivity index (χ4n) is 2.02. The second-order valence-corrected chi connectivity index (χ2v) is 4.73. The van der Waals surface area contributed by atoms with E-state index < -0.39 is 0 Å². The van der Waals surface area contributed by atoms with Crippen LogP contribution in [0, 0.1) is 11.8 Å². The molecule has 1 aliphatic rings. The Balaban J connectivity index is 2.40. The largest absolute Gasteiger partial charge is 0.300 e. The van der Waals surface area contributed by atoms with Gasteiger partial charge in [-0.2, -0.15) is 0 Å². The van der Waals surface area contributed by atoms with Crippen LogP contribution in [0.5, 0.6) is 0 Å².